The molecule has 2 aromatic heterocycles. The molecule has 2 aromatic carbocycles. The highest BCUT2D eigenvalue weighted by molar-refractivity contribution is 5.97. The van der Waals surface area contributed by atoms with Crippen molar-refractivity contribution in [2.24, 2.45) is 11.5 Å². The highest BCUT2D eigenvalue weighted by Crippen LogP contribution is 2.20. The van der Waals surface area contributed by atoms with Gasteiger partial charge >= 0.3 is 11.9 Å². The standard InChI is InChI=1S/C38H49N11O10/c1-19(50)32(49-35(56)29(15-31(52)53)47-33(54)24(39)13-20-16-43-25-9-4-2-7-22(20)25)36(57)48-28(14-21-17-44-26-10-5-3-8-23(21)26)34(55)45-18-30(51)46-27(37(58)59)11-6-12-42-38(40)41/h2-5,7-10,16-17,19,24,27-29,32,43-44,50H,6,11-15,18,39H2,1H3,(H,45,55)(H,46,51)(H,47,54)(H,48,57)(H,49,56)(H,52,53)(H,58,59)(H4,40,41,42)/t19-,24+,27+,28+,29+,32+/m1/s1. The van der Waals surface area contributed by atoms with Gasteiger partial charge in [-0.2, -0.15) is 0 Å². The van der Waals surface area contributed by atoms with Gasteiger partial charge in [-0.05, 0) is 49.4 Å². The Morgan fingerprint density at radius 1 is 0.729 bits per heavy atom. The van der Waals surface area contributed by atoms with Crippen LogP contribution in [0.4, 0.5) is 0 Å². The average Bonchev–Trinajstić information content (AvgIpc) is 3.79. The summed E-state index contributed by atoms with van der Waals surface area (Å²) in [5.74, 6) is -7.90. The van der Waals surface area contributed by atoms with Crippen LogP contribution in [0.15, 0.2) is 60.9 Å². The Labute approximate surface area is 336 Å². The third-order valence-electron chi connectivity index (χ3n) is 9.30. The number of nitrogens with two attached hydrogens (primary N) is 2. The van der Waals surface area contributed by atoms with Gasteiger partial charge < -0.3 is 68.7 Å². The van der Waals surface area contributed by atoms with E-state index in [1.807, 2.05) is 24.3 Å². The Morgan fingerprint density at radius 3 is 1.86 bits per heavy atom. The van der Waals surface area contributed by atoms with Crippen molar-refractivity contribution in [2.45, 2.75) is 75.3 Å². The maximum absolute atomic E-state index is 13.7. The number of amides is 5. The van der Waals surface area contributed by atoms with Crippen molar-refractivity contribution >= 4 is 69.2 Å². The van der Waals surface area contributed by atoms with Crippen molar-refractivity contribution in [3.8, 4) is 0 Å². The van der Waals surface area contributed by atoms with Gasteiger partial charge in [-0.25, -0.2) is 4.79 Å². The number of hydrogen-bond acceptors (Lipinski definition) is 10. The number of guanidine groups is 1. The number of aliphatic hydroxyl groups is 1. The SMILES string of the molecule is C[C@@H](O)[C@H](NC(=O)[C@H](CC(=O)O)NC(=O)[C@@H](N)Cc1c[nH]c2ccccc12)C(=O)N[C@@H](Cc1c[nH]c2ccccc12)C(=O)NCC(=O)N[C@@H](CCCNC(=N)N)C(=O)O. The first-order valence-electron chi connectivity index (χ1n) is 18.6. The van der Waals surface area contributed by atoms with E-state index in [1.165, 1.54) is 6.92 Å². The van der Waals surface area contributed by atoms with Crippen LogP contribution in [0.1, 0.15) is 37.3 Å². The lowest BCUT2D eigenvalue weighted by Gasteiger charge is -2.27. The molecular weight excluding hydrogens is 770 g/mol. The minimum Gasteiger partial charge on any atom is -0.481 e. The van der Waals surface area contributed by atoms with Gasteiger partial charge in [0.05, 0.1) is 25.1 Å². The lowest BCUT2D eigenvalue weighted by Crippen LogP contribution is -2.61. The van der Waals surface area contributed by atoms with Gasteiger partial charge in [-0.3, -0.25) is 34.2 Å². The molecule has 4 rings (SSSR count). The number of aromatic amines is 2. The van der Waals surface area contributed by atoms with Crippen molar-refractivity contribution < 1.29 is 48.9 Å². The minimum absolute atomic E-state index is 0.0180. The third-order valence-corrected chi connectivity index (χ3v) is 9.30. The molecule has 0 spiro atoms. The lowest BCUT2D eigenvalue weighted by atomic mass is 10.0. The van der Waals surface area contributed by atoms with Gasteiger partial charge in [0.25, 0.3) is 0 Å². The molecule has 0 aliphatic heterocycles. The van der Waals surface area contributed by atoms with Crippen LogP contribution in [0, 0.1) is 5.41 Å². The summed E-state index contributed by atoms with van der Waals surface area (Å²) in [4.78, 5) is 96.3. The second-order valence-electron chi connectivity index (χ2n) is 13.8. The van der Waals surface area contributed by atoms with E-state index < -0.39 is 90.8 Å². The molecule has 316 valence electrons. The predicted octanol–water partition coefficient (Wildman–Crippen LogP) is -1.98. The number of fused-ring (bicyclic) bond motifs is 2. The molecule has 0 aliphatic rings. The first kappa shape index (κ1) is 44.7. The van der Waals surface area contributed by atoms with Gasteiger partial charge in [-0.15, -0.1) is 0 Å². The van der Waals surface area contributed by atoms with E-state index in [2.05, 4.69) is 41.9 Å². The molecule has 0 saturated heterocycles. The number of carboxylic acid groups (broad SMARTS) is 2. The van der Waals surface area contributed by atoms with Gasteiger partial charge in [0.1, 0.15) is 24.2 Å². The molecule has 0 saturated carbocycles. The molecule has 4 aromatic rings. The second kappa shape index (κ2) is 21.0. The van der Waals surface area contributed by atoms with Crippen molar-refractivity contribution in [3.63, 3.8) is 0 Å². The molecule has 6 atom stereocenters. The molecule has 5 amide bonds. The fourth-order valence-electron chi connectivity index (χ4n) is 6.27. The van der Waals surface area contributed by atoms with E-state index >= 15 is 0 Å². The number of hydrogen-bond donors (Lipinski definition) is 14. The number of benzene rings is 2. The van der Waals surface area contributed by atoms with E-state index in [0.29, 0.717) is 22.0 Å². The Kier molecular flexibility index (Phi) is 15.9. The first-order valence-corrected chi connectivity index (χ1v) is 18.6. The number of para-hydroxylation sites is 2. The van der Waals surface area contributed by atoms with Crippen LogP contribution < -0.4 is 43.4 Å². The summed E-state index contributed by atoms with van der Waals surface area (Å²) in [6.45, 7) is 0.662. The minimum atomic E-state index is -1.77. The van der Waals surface area contributed by atoms with E-state index in [1.54, 1.807) is 36.7 Å². The van der Waals surface area contributed by atoms with Crippen molar-refractivity contribution in [3.05, 3.63) is 72.1 Å². The van der Waals surface area contributed by atoms with Gasteiger partial charge in [0.15, 0.2) is 5.96 Å². The molecule has 2 heterocycles. The van der Waals surface area contributed by atoms with E-state index in [-0.39, 0.29) is 38.2 Å². The number of carbonyl (C=O) groups excluding carboxylic acids is 5. The van der Waals surface area contributed by atoms with Crippen LogP contribution in [-0.4, -0.2) is 122 Å². The molecule has 0 radical (unpaired) electrons. The molecule has 21 nitrogen and oxygen atoms in total. The summed E-state index contributed by atoms with van der Waals surface area (Å²) < 4.78 is 0. The summed E-state index contributed by atoms with van der Waals surface area (Å²) in [7, 11) is 0. The number of aliphatic hydroxyl groups excluding tert-OH is 1. The zero-order valence-corrected chi connectivity index (χ0v) is 32.0. The Bertz CT molecular complexity index is 2170. The number of aromatic nitrogens is 2. The molecule has 21 heteroatoms. The quantitative estimate of drug-likeness (QED) is 0.0233. The van der Waals surface area contributed by atoms with Gasteiger partial charge in [0.2, 0.25) is 29.5 Å². The maximum atomic E-state index is 13.7. The zero-order chi connectivity index (χ0) is 43.2. The zero-order valence-electron chi connectivity index (χ0n) is 32.0. The number of nitrogens with one attached hydrogen (secondary N) is 9. The normalized spacial score (nSPS) is 14.2. The summed E-state index contributed by atoms with van der Waals surface area (Å²) >= 11 is 0. The average molecular weight is 820 g/mol. The second-order valence-corrected chi connectivity index (χ2v) is 13.8. The van der Waals surface area contributed by atoms with Crippen molar-refractivity contribution in [2.75, 3.05) is 13.1 Å². The monoisotopic (exact) mass is 819 g/mol. The number of aliphatic carboxylic acids is 2. The maximum Gasteiger partial charge on any atom is 0.326 e. The fourth-order valence-corrected chi connectivity index (χ4v) is 6.27. The number of carbonyl (C=O) groups is 7. The van der Waals surface area contributed by atoms with Crippen LogP contribution in [-0.2, 0) is 46.4 Å². The Balaban J connectivity index is 1.46. The summed E-state index contributed by atoms with van der Waals surface area (Å²) in [6.07, 6.45) is 0.886. The van der Waals surface area contributed by atoms with Gasteiger partial charge in [-0.1, -0.05) is 36.4 Å². The number of carboxylic acids is 2. The number of H-pyrrole nitrogens is 2. The first-order chi connectivity index (χ1) is 28.0. The van der Waals surface area contributed by atoms with Crippen molar-refractivity contribution in [1.82, 2.24) is 41.9 Å². The van der Waals surface area contributed by atoms with E-state index in [9.17, 15) is 48.9 Å². The van der Waals surface area contributed by atoms with Crippen molar-refractivity contribution in [1.29, 1.82) is 5.41 Å². The fraction of sp³-hybridized carbons (Fsp3) is 0.368. The molecule has 16 N–H and O–H groups in total. The smallest absolute Gasteiger partial charge is 0.326 e. The topological polar surface area (TPSA) is 360 Å². The van der Waals surface area contributed by atoms with Crippen LogP contribution in [0.25, 0.3) is 21.8 Å². The molecule has 0 bridgehead atoms. The molecule has 0 unspecified atom stereocenters. The summed E-state index contributed by atoms with van der Waals surface area (Å²) in [5.41, 5.74) is 14.2. The number of rotatable bonds is 22. The predicted molar refractivity (Wildman–Crippen MR) is 213 cm³/mol. The summed E-state index contributed by atoms with van der Waals surface area (Å²) in [5, 5.41) is 52.7. The van der Waals surface area contributed by atoms with E-state index in [0.717, 1.165) is 10.9 Å². The molecular formula is C38H49N11O10. The molecule has 0 fully saturated rings. The summed E-state index contributed by atoms with van der Waals surface area (Å²) in [6, 6.07) is 6.93. The van der Waals surface area contributed by atoms with Crippen LogP contribution >= 0.6 is 0 Å². The largest absolute Gasteiger partial charge is 0.481 e. The third kappa shape index (κ3) is 13.0. The molecule has 59 heavy (non-hydrogen) atoms. The lowest BCUT2D eigenvalue weighted by molar-refractivity contribution is -0.142. The van der Waals surface area contributed by atoms with Crippen LogP contribution in [0.2, 0.25) is 0 Å². The van der Waals surface area contributed by atoms with Crippen LogP contribution in [0.3, 0.4) is 0 Å². The molecule has 0 aliphatic carbocycles. The van der Waals surface area contributed by atoms with Gasteiger partial charge in [0, 0.05) is 47.2 Å². The highest BCUT2D eigenvalue weighted by Gasteiger charge is 2.34. The Morgan fingerprint density at radius 2 is 1.31 bits per heavy atom. The highest BCUT2D eigenvalue weighted by atomic mass is 16.4. The van der Waals surface area contributed by atoms with E-state index in [4.69, 9.17) is 16.9 Å². The Hall–Kier alpha value is -7.00. The van der Waals surface area contributed by atoms with Crippen LogP contribution in [0.5, 0.6) is 0 Å².